The second-order valence-corrected chi connectivity index (χ2v) is 3.40. The van der Waals surface area contributed by atoms with Gasteiger partial charge in [-0.05, 0) is 24.1 Å². The maximum atomic E-state index is 12.7. The van der Waals surface area contributed by atoms with Gasteiger partial charge in [0.2, 0.25) is 0 Å². The molecule has 0 aliphatic rings. The minimum Gasteiger partial charge on any atom is -0.423 e. The first kappa shape index (κ1) is 10.8. The third kappa shape index (κ3) is 1.70. The van der Waals surface area contributed by atoms with Crippen LogP contribution in [0.25, 0.3) is 11.1 Å². The summed E-state index contributed by atoms with van der Waals surface area (Å²) in [7, 11) is 0. The molecule has 2 N–H and O–H groups in total. The van der Waals surface area contributed by atoms with Crippen molar-refractivity contribution in [3.8, 4) is 0 Å². The summed E-state index contributed by atoms with van der Waals surface area (Å²) >= 11 is 0. The maximum absolute atomic E-state index is 12.7. The Labute approximate surface area is 89.1 Å². The van der Waals surface area contributed by atoms with Gasteiger partial charge in [-0.1, -0.05) is 6.92 Å². The predicted octanol–water partition coefficient (Wildman–Crippen LogP) is 2.99. The summed E-state index contributed by atoms with van der Waals surface area (Å²) in [5.41, 5.74) is 4.81. The number of rotatable bonds is 1. The molecule has 0 unspecified atom stereocenters. The molecule has 1 aromatic heterocycles. The van der Waals surface area contributed by atoms with Crippen molar-refractivity contribution in [1.29, 1.82) is 0 Å². The van der Waals surface area contributed by atoms with Crippen molar-refractivity contribution >= 4 is 17.1 Å². The minimum atomic E-state index is -4.46. The van der Waals surface area contributed by atoms with Gasteiger partial charge in [0, 0.05) is 0 Å². The predicted molar refractivity (Wildman–Crippen MR) is 52.8 cm³/mol. The molecule has 2 aromatic rings. The Balaban J connectivity index is 2.78. The Bertz CT molecular complexity index is 531. The van der Waals surface area contributed by atoms with Gasteiger partial charge in [-0.25, -0.2) is 0 Å². The molecule has 0 atom stereocenters. The number of oxazole rings is 1. The Hall–Kier alpha value is -1.72. The number of hydrogen-bond donors (Lipinski definition) is 1. The topological polar surface area (TPSA) is 52.0 Å². The number of anilines is 1. The van der Waals surface area contributed by atoms with E-state index < -0.39 is 11.7 Å². The molecule has 16 heavy (non-hydrogen) atoms. The Morgan fingerprint density at radius 3 is 2.62 bits per heavy atom. The summed E-state index contributed by atoms with van der Waals surface area (Å²) in [6.07, 6.45) is -3.97. The lowest BCUT2D eigenvalue weighted by Gasteiger charge is -2.08. The molecular weight excluding hydrogens is 221 g/mol. The number of nitrogen functional groups attached to an aromatic ring is 1. The standard InChI is InChI=1S/C10H9F3N2O/c1-2-5-3-6(10(11,12)13)8-7(4-5)15-9(14)16-8/h3-4H,2H2,1H3,(H2,14,15). The summed E-state index contributed by atoms with van der Waals surface area (Å²) in [5.74, 6) is 0. The van der Waals surface area contributed by atoms with Gasteiger partial charge in [-0.15, -0.1) is 0 Å². The molecule has 0 bridgehead atoms. The van der Waals surface area contributed by atoms with Crippen LogP contribution in [0.5, 0.6) is 0 Å². The van der Waals surface area contributed by atoms with Crippen molar-refractivity contribution < 1.29 is 17.6 Å². The molecular formula is C10H9F3N2O. The van der Waals surface area contributed by atoms with Gasteiger partial charge in [-0.2, -0.15) is 18.2 Å². The lowest BCUT2D eigenvalue weighted by Crippen LogP contribution is -2.06. The average molecular weight is 230 g/mol. The lowest BCUT2D eigenvalue weighted by molar-refractivity contribution is -0.136. The number of halogens is 3. The van der Waals surface area contributed by atoms with Gasteiger partial charge in [0.1, 0.15) is 11.1 Å². The molecule has 3 nitrogen and oxygen atoms in total. The second-order valence-electron chi connectivity index (χ2n) is 3.40. The zero-order valence-electron chi connectivity index (χ0n) is 8.43. The van der Waals surface area contributed by atoms with Gasteiger partial charge in [0.25, 0.3) is 6.01 Å². The monoisotopic (exact) mass is 230 g/mol. The normalized spacial score (nSPS) is 12.2. The first-order valence-corrected chi connectivity index (χ1v) is 4.68. The molecule has 0 fully saturated rings. The van der Waals surface area contributed by atoms with E-state index in [-0.39, 0.29) is 17.1 Å². The SMILES string of the molecule is CCc1cc(C(F)(F)F)c2oc(N)nc2c1. The van der Waals surface area contributed by atoms with Crippen LogP contribution in [0.15, 0.2) is 16.5 Å². The minimum absolute atomic E-state index is 0.143. The summed E-state index contributed by atoms with van der Waals surface area (Å²) in [4.78, 5) is 3.71. The van der Waals surface area contributed by atoms with Crippen LogP contribution in [0.1, 0.15) is 18.1 Å². The molecule has 2 rings (SSSR count). The fourth-order valence-corrected chi connectivity index (χ4v) is 1.52. The van der Waals surface area contributed by atoms with Gasteiger partial charge in [-0.3, -0.25) is 0 Å². The van der Waals surface area contributed by atoms with E-state index in [1.54, 1.807) is 13.0 Å². The number of fused-ring (bicyclic) bond motifs is 1. The largest absolute Gasteiger partial charge is 0.423 e. The molecule has 0 saturated heterocycles. The summed E-state index contributed by atoms with van der Waals surface area (Å²) in [5, 5.41) is 0. The third-order valence-electron chi connectivity index (χ3n) is 2.28. The zero-order chi connectivity index (χ0) is 11.9. The Morgan fingerprint density at radius 1 is 1.38 bits per heavy atom. The maximum Gasteiger partial charge on any atom is 0.420 e. The zero-order valence-corrected chi connectivity index (χ0v) is 8.43. The molecule has 0 saturated carbocycles. The number of aryl methyl sites for hydroxylation is 1. The highest BCUT2D eigenvalue weighted by atomic mass is 19.4. The number of hydrogen-bond acceptors (Lipinski definition) is 3. The van der Waals surface area contributed by atoms with Gasteiger partial charge < -0.3 is 10.2 Å². The van der Waals surface area contributed by atoms with Gasteiger partial charge >= 0.3 is 6.18 Å². The van der Waals surface area contributed by atoms with Crippen molar-refractivity contribution in [3.63, 3.8) is 0 Å². The van der Waals surface area contributed by atoms with Crippen molar-refractivity contribution in [1.82, 2.24) is 4.98 Å². The molecule has 6 heteroatoms. The number of benzene rings is 1. The van der Waals surface area contributed by atoms with Crippen molar-refractivity contribution in [2.24, 2.45) is 0 Å². The third-order valence-corrected chi connectivity index (χ3v) is 2.28. The van der Waals surface area contributed by atoms with Crippen LogP contribution in [0.3, 0.4) is 0 Å². The molecule has 86 valence electrons. The molecule has 0 amide bonds. The highest BCUT2D eigenvalue weighted by Gasteiger charge is 2.35. The van der Waals surface area contributed by atoms with E-state index in [0.29, 0.717) is 12.0 Å². The molecule has 0 aliphatic heterocycles. The number of nitrogens with zero attached hydrogens (tertiary/aromatic N) is 1. The first-order valence-electron chi connectivity index (χ1n) is 4.68. The van der Waals surface area contributed by atoms with Crippen LogP contribution in [0.2, 0.25) is 0 Å². The van der Waals surface area contributed by atoms with Crippen LogP contribution in [0.4, 0.5) is 19.2 Å². The molecule has 0 radical (unpaired) electrons. The smallest absolute Gasteiger partial charge is 0.420 e. The summed E-state index contributed by atoms with van der Waals surface area (Å²) < 4.78 is 42.9. The molecule has 1 aromatic carbocycles. The second kappa shape index (κ2) is 3.40. The van der Waals surface area contributed by atoms with Crippen LogP contribution in [0, 0.1) is 0 Å². The summed E-state index contributed by atoms with van der Waals surface area (Å²) in [6.45, 7) is 1.77. The fraction of sp³-hybridized carbons (Fsp3) is 0.300. The van der Waals surface area contributed by atoms with Crippen LogP contribution in [-0.2, 0) is 12.6 Å². The first-order chi connectivity index (χ1) is 7.41. The van der Waals surface area contributed by atoms with Crippen LogP contribution in [-0.4, -0.2) is 4.98 Å². The quantitative estimate of drug-likeness (QED) is 0.819. The summed E-state index contributed by atoms with van der Waals surface area (Å²) in [6, 6.07) is 2.35. The van der Waals surface area contributed by atoms with E-state index >= 15 is 0 Å². The van der Waals surface area contributed by atoms with E-state index in [4.69, 9.17) is 10.2 Å². The van der Waals surface area contributed by atoms with Crippen LogP contribution < -0.4 is 5.73 Å². The van der Waals surface area contributed by atoms with E-state index in [1.165, 1.54) is 0 Å². The van der Waals surface area contributed by atoms with Crippen molar-refractivity contribution in [2.75, 3.05) is 5.73 Å². The molecule has 1 heterocycles. The number of aromatic nitrogens is 1. The average Bonchev–Trinajstić information content (AvgIpc) is 2.54. The molecule has 0 aliphatic carbocycles. The van der Waals surface area contributed by atoms with E-state index in [2.05, 4.69) is 4.98 Å². The van der Waals surface area contributed by atoms with E-state index in [9.17, 15) is 13.2 Å². The highest BCUT2D eigenvalue weighted by Crippen LogP contribution is 2.36. The highest BCUT2D eigenvalue weighted by molar-refractivity contribution is 5.79. The van der Waals surface area contributed by atoms with Gasteiger partial charge in [0.05, 0.1) is 0 Å². The van der Waals surface area contributed by atoms with Crippen molar-refractivity contribution in [3.05, 3.63) is 23.3 Å². The lowest BCUT2D eigenvalue weighted by atomic mass is 10.1. The molecule has 0 spiro atoms. The number of alkyl halides is 3. The van der Waals surface area contributed by atoms with E-state index in [0.717, 1.165) is 6.07 Å². The van der Waals surface area contributed by atoms with E-state index in [1.807, 2.05) is 0 Å². The number of nitrogens with two attached hydrogens (primary N) is 1. The van der Waals surface area contributed by atoms with Crippen LogP contribution >= 0.6 is 0 Å². The van der Waals surface area contributed by atoms with Gasteiger partial charge in [0.15, 0.2) is 5.58 Å². The Morgan fingerprint density at radius 2 is 2.06 bits per heavy atom. The van der Waals surface area contributed by atoms with Crippen molar-refractivity contribution in [2.45, 2.75) is 19.5 Å². The Kier molecular flexibility index (Phi) is 2.29. The fourth-order valence-electron chi connectivity index (χ4n) is 1.52.